The molecule has 1 aliphatic carbocycles. The molecule has 1 saturated carbocycles. The molecule has 1 fully saturated rings. The Hall–Kier alpha value is -1.89. The summed E-state index contributed by atoms with van der Waals surface area (Å²) < 4.78 is 59.7. The van der Waals surface area contributed by atoms with Gasteiger partial charge in [0.1, 0.15) is 12.4 Å². The van der Waals surface area contributed by atoms with Crippen molar-refractivity contribution in [3.05, 3.63) is 54.1 Å². The highest BCUT2D eigenvalue weighted by Gasteiger charge is 2.44. The van der Waals surface area contributed by atoms with Crippen LogP contribution in [0.25, 0.3) is 0 Å². The van der Waals surface area contributed by atoms with Gasteiger partial charge in [0.2, 0.25) is 0 Å². The Kier molecular flexibility index (Phi) is 13.8. The Bertz CT molecular complexity index is 1150. The van der Waals surface area contributed by atoms with E-state index in [1.54, 1.807) is 6.07 Å². The third-order valence-electron chi connectivity index (χ3n) is 9.79. The first-order valence-corrected chi connectivity index (χ1v) is 22.1. The standard InChI is InChI=1S/C35H57F3O5Si2/c1-33(2,3)44(7,8)42-29(25-41-28-18-15-17-27(24-28)35(36,37)38)21-22-30-26(16-13-11-12-14-19-32(39)40)20-23-31(30)43-45(9,10)34(4,5)6/h11,13,15,17-18,21-22,24,26,29-31H,12,14,16,19-20,23,25H2,1-10H3,(H,39,40)/b13-11-,22-21+/t26-,29?,30+,31?/m0/s1. The Balaban J connectivity index is 2.35. The first kappa shape index (κ1) is 39.3. The lowest BCUT2D eigenvalue weighted by Crippen LogP contribution is -2.45. The van der Waals surface area contributed by atoms with Gasteiger partial charge in [-0.05, 0) is 92.5 Å². The fraction of sp³-hybridized carbons (Fsp3) is 0.686. The number of carboxylic acids is 1. The van der Waals surface area contributed by atoms with Crippen molar-refractivity contribution in [2.24, 2.45) is 11.8 Å². The van der Waals surface area contributed by atoms with Gasteiger partial charge in [0.05, 0.1) is 17.8 Å². The second kappa shape index (κ2) is 15.8. The van der Waals surface area contributed by atoms with Crippen molar-refractivity contribution in [2.45, 2.75) is 135 Å². The minimum Gasteiger partial charge on any atom is -0.491 e. The number of hydrogen-bond acceptors (Lipinski definition) is 4. The normalized spacial score (nSPS) is 21.1. The van der Waals surface area contributed by atoms with Gasteiger partial charge in [-0.2, -0.15) is 13.2 Å². The third kappa shape index (κ3) is 12.3. The van der Waals surface area contributed by atoms with E-state index < -0.39 is 40.4 Å². The van der Waals surface area contributed by atoms with Crippen LogP contribution in [0.2, 0.25) is 36.3 Å². The summed E-state index contributed by atoms with van der Waals surface area (Å²) in [7, 11) is -4.30. The number of aliphatic carboxylic acids is 1. The van der Waals surface area contributed by atoms with Gasteiger partial charge in [0.25, 0.3) is 0 Å². The molecule has 1 aliphatic rings. The first-order valence-electron chi connectivity index (χ1n) is 16.2. The van der Waals surface area contributed by atoms with E-state index in [0.29, 0.717) is 12.3 Å². The predicted molar refractivity (Wildman–Crippen MR) is 182 cm³/mol. The topological polar surface area (TPSA) is 65.0 Å². The molecule has 0 bridgehead atoms. The molecule has 0 aliphatic heterocycles. The maximum atomic E-state index is 13.3. The Labute approximate surface area is 271 Å². The van der Waals surface area contributed by atoms with Gasteiger partial charge >= 0.3 is 12.1 Å². The lowest BCUT2D eigenvalue weighted by Gasteiger charge is -2.40. The number of rotatable bonds is 15. The van der Waals surface area contributed by atoms with Gasteiger partial charge in [-0.25, -0.2) is 0 Å². The number of carboxylic acid groups (broad SMARTS) is 1. The summed E-state index contributed by atoms with van der Waals surface area (Å²) >= 11 is 0. The number of benzene rings is 1. The van der Waals surface area contributed by atoms with Crippen molar-refractivity contribution >= 4 is 22.6 Å². The highest BCUT2D eigenvalue weighted by atomic mass is 28.4. The first-order chi connectivity index (χ1) is 20.5. The van der Waals surface area contributed by atoms with E-state index in [9.17, 15) is 18.0 Å². The molecule has 2 unspecified atom stereocenters. The van der Waals surface area contributed by atoms with Gasteiger partial charge in [-0.1, -0.05) is 71.9 Å². The van der Waals surface area contributed by atoms with Crippen LogP contribution in [-0.4, -0.2) is 46.5 Å². The molecule has 256 valence electrons. The summed E-state index contributed by atoms with van der Waals surface area (Å²) in [4.78, 5) is 10.9. The lowest BCUT2D eigenvalue weighted by molar-refractivity contribution is -0.138. The van der Waals surface area contributed by atoms with Crippen LogP contribution >= 0.6 is 0 Å². The molecule has 0 saturated heterocycles. The van der Waals surface area contributed by atoms with Crippen LogP contribution in [0.1, 0.15) is 85.6 Å². The summed E-state index contributed by atoms with van der Waals surface area (Å²) in [5, 5.41) is 8.92. The van der Waals surface area contributed by atoms with Gasteiger partial charge in [0.15, 0.2) is 16.6 Å². The average molecular weight is 671 g/mol. The maximum Gasteiger partial charge on any atom is 0.416 e. The summed E-state index contributed by atoms with van der Waals surface area (Å²) in [6, 6.07) is 4.98. The van der Waals surface area contributed by atoms with Crippen molar-refractivity contribution in [2.75, 3.05) is 6.61 Å². The summed E-state index contributed by atoms with van der Waals surface area (Å²) in [6.07, 6.45) is 8.04. The molecule has 1 N–H and O–H groups in total. The van der Waals surface area contributed by atoms with E-state index in [2.05, 4.69) is 92.0 Å². The zero-order valence-corrected chi connectivity index (χ0v) is 31.1. The molecule has 0 radical (unpaired) electrons. The number of alkyl halides is 3. The molecule has 4 atom stereocenters. The molecular formula is C35H57F3O5Si2. The molecule has 0 heterocycles. The van der Waals surface area contributed by atoms with Gasteiger partial charge in [0, 0.05) is 12.3 Å². The van der Waals surface area contributed by atoms with Crippen molar-refractivity contribution < 1.29 is 36.7 Å². The molecule has 10 heteroatoms. The number of allylic oxidation sites excluding steroid dienone is 2. The summed E-state index contributed by atoms with van der Waals surface area (Å²) in [6.45, 7) is 22.2. The second-order valence-corrected chi connectivity index (χ2v) is 25.0. The molecular weight excluding hydrogens is 614 g/mol. The quantitative estimate of drug-likeness (QED) is 0.114. The minimum atomic E-state index is -4.45. The molecule has 1 aromatic carbocycles. The number of halogens is 3. The monoisotopic (exact) mass is 670 g/mol. The van der Waals surface area contributed by atoms with Gasteiger partial charge in [-0.3, -0.25) is 4.79 Å². The number of carbonyl (C=O) groups is 1. The smallest absolute Gasteiger partial charge is 0.416 e. The predicted octanol–water partition coefficient (Wildman–Crippen LogP) is 10.6. The number of hydrogen-bond donors (Lipinski definition) is 1. The van der Waals surface area contributed by atoms with E-state index >= 15 is 0 Å². The lowest BCUT2D eigenvalue weighted by atomic mass is 9.91. The van der Waals surface area contributed by atoms with Crippen LogP contribution in [0.4, 0.5) is 13.2 Å². The van der Waals surface area contributed by atoms with E-state index in [0.717, 1.165) is 37.8 Å². The zero-order valence-electron chi connectivity index (χ0n) is 29.1. The molecule has 2 rings (SSSR count). The third-order valence-corrected chi connectivity index (χ3v) is 18.8. The highest BCUT2D eigenvalue weighted by Crippen LogP contribution is 2.44. The Morgan fingerprint density at radius 1 is 1.00 bits per heavy atom. The number of ether oxygens (including phenoxy) is 1. The molecule has 0 spiro atoms. The Morgan fingerprint density at radius 2 is 1.64 bits per heavy atom. The summed E-state index contributed by atoms with van der Waals surface area (Å²) in [5.41, 5.74) is -0.743. The van der Waals surface area contributed by atoms with Crippen molar-refractivity contribution in [3.8, 4) is 5.75 Å². The van der Waals surface area contributed by atoms with Gasteiger partial charge < -0.3 is 18.7 Å². The average Bonchev–Trinajstić information content (AvgIpc) is 3.26. The fourth-order valence-electron chi connectivity index (χ4n) is 4.95. The molecule has 1 aromatic rings. The number of unbranched alkanes of at least 4 members (excludes halogenated alkanes) is 1. The zero-order chi connectivity index (χ0) is 34.3. The molecule has 45 heavy (non-hydrogen) atoms. The SMILES string of the molecule is CC(C)(C)[Si](C)(C)OC(/C=C/[C@H]1C(O[Si](C)(C)C(C)(C)C)CC[C@@H]1C/C=C\CCCC(=O)O)COc1cccc(C(F)(F)F)c1. The van der Waals surface area contributed by atoms with E-state index in [1.807, 2.05) is 0 Å². The van der Waals surface area contributed by atoms with E-state index in [-0.39, 0.29) is 40.9 Å². The molecule has 5 nitrogen and oxygen atoms in total. The van der Waals surface area contributed by atoms with Crippen molar-refractivity contribution in [3.63, 3.8) is 0 Å². The highest BCUT2D eigenvalue weighted by molar-refractivity contribution is 6.74. The van der Waals surface area contributed by atoms with Crippen LogP contribution < -0.4 is 4.74 Å². The van der Waals surface area contributed by atoms with E-state index in [1.165, 1.54) is 6.07 Å². The second-order valence-electron chi connectivity index (χ2n) is 15.5. The van der Waals surface area contributed by atoms with Crippen LogP contribution in [0.3, 0.4) is 0 Å². The maximum absolute atomic E-state index is 13.3. The van der Waals surface area contributed by atoms with Crippen LogP contribution in [0.5, 0.6) is 5.75 Å². The van der Waals surface area contributed by atoms with Crippen LogP contribution in [-0.2, 0) is 19.8 Å². The minimum absolute atomic E-state index is 0.0606. The van der Waals surface area contributed by atoms with Crippen LogP contribution in [0.15, 0.2) is 48.6 Å². The van der Waals surface area contributed by atoms with Crippen molar-refractivity contribution in [1.29, 1.82) is 0 Å². The van der Waals surface area contributed by atoms with Crippen molar-refractivity contribution in [1.82, 2.24) is 0 Å². The summed E-state index contributed by atoms with van der Waals surface area (Å²) in [5.74, 6) is -0.124. The molecule has 0 amide bonds. The fourth-order valence-corrected chi connectivity index (χ4v) is 7.59. The van der Waals surface area contributed by atoms with Crippen LogP contribution in [0, 0.1) is 11.8 Å². The van der Waals surface area contributed by atoms with Gasteiger partial charge in [-0.15, -0.1) is 0 Å². The molecule has 0 aromatic heterocycles. The Morgan fingerprint density at radius 3 is 2.22 bits per heavy atom. The largest absolute Gasteiger partial charge is 0.491 e. The van der Waals surface area contributed by atoms with E-state index in [4.69, 9.17) is 18.7 Å².